The molecule has 0 saturated carbocycles. The summed E-state index contributed by atoms with van der Waals surface area (Å²) in [5, 5.41) is 0. The summed E-state index contributed by atoms with van der Waals surface area (Å²) < 4.78 is 0. The van der Waals surface area contributed by atoms with E-state index in [4.69, 9.17) is 0 Å². The van der Waals surface area contributed by atoms with Gasteiger partial charge in [0.2, 0.25) is 0 Å². The SMILES string of the molecule is CCCCCC[CH]c1ccc(CCCCCCCCCC)cc1. The van der Waals surface area contributed by atoms with Gasteiger partial charge in [0, 0.05) is 0 Å². The third-order valence-corrected chi connectivity index (χ3v) is 4.74. The van der Waals surface area contributed by atoms with Gasteiger partial charge in [-0.05, 0) is 36.8 Å². The van der Waals surface area contributed by atoms with Crippen molar-refractivity contribution in [3.8, 4) is 0 Å². The third kappa shape index (κ3) is 11.4. The van der Waals surface area contributed by atoms with E-state index in [0.29, 0.717) is 0 Å². The fourth-order valence-electron chi connectivity index (χ4n) is 3.12. The standard InChI is InChI=1S/C23H39/c1-3-5-7-9-10-11-13-15-17-23-20-18-22(19-21-23)16-14-12-8-6-4-2/h16,18-21H,3-15,17H2,1-2H3. The predicted molar refractivity (Wildman–Crippen MR) is 105 cm³/mol. The molecule has 23 heavy (non-hydrogen) atoms. The highest BCUT2D eigenvalue weighted by Gasteiger charge is 1.97. The molecule has 0 atom stereocenters. The van der Waals surface area contributed by atoms with Crippen molar-refractivity contribution in [1.29, 1.82) is 0 Å². The summed E-state index contributed by atoms with van der Waals surface area (Å²) in [4.78, 5) is 0. The number of rotatable bonds is 15. The number of benzene rings is 1. The Morgan fingerprint density at radius 3 is 1.74 bits per heavy atom. The molecule has 0 unspecified atom stereocenters. The van der Waals surface area contributed by atoms with Crippen LogP contribution >= 0.6 is 0 Å². The first kappa shape index (κ1) is 20.3. The van der Waals surface area contributed by atoms with E-state index in [2.05, 4.69) is 44.5 Å². The van der Waals surface area contributed by atoms with Gasteiger partial charge in [-0.2, -0.15) is 0 Å². The van der Waals surface area contributed by atoms with E-state index in [9.17, 15) is 0 Å². The van der Waals surface area contributed by atoms with Gasteiger partial charge in [0.15, 0.2) is 0 Å². The second-order valence-electron chi connectivity index (χ2n) is 7.02. The fraction of sp³-hybridized carbons (Fsp3) is 0.696. The summed E-state index contributed by atoms with van der Waals surface area (Å²) in [6.45, 7) is 4.56. The van der Waals surface area contributed by atoms with Crippen LogP contribution in [0.5, 0.6) is 0 Å². The molecule has 1 aromatic rings. The van der Waals surface area contributed by atoms with E-state index >= 15 is 0 Å². The Labute approximate surface area is 146 Å². The van der Waals surface area contributed by atoms with Crippen LogP contribution < -0.4 is 0 Å². The first-order chi connectivity index (χ1) is 11.4. The molecule has 0 N–H and O–H groups in total. The Morgan fingerprint density at radius 2 is 1.13 bits per heavy atom. The van der Waals surface area contributed by atoms with E-state index in [1.54, 1.807) is 0 Å². The zero-order valence-corrected chi connectivity index (χ0v) is 15.8. The summed E-state index contributed by atoms with van der Waals surface area (Å²) >= 11 is 0. The van der Waals surface area contributed by atoms with Crippen molar-refractivity contribution >= 4 is 0 Å². The van der Waals surface area contributed by atoms with Crippen LogP contribution in [0, 0.1) is 6.42 Å². The number of hydrogen-bond acceptors (Lipinski definition) is 0. The first-order valence-corrected chi connectivity index (χ1v) is 10.3. The number of unbranched alkanes of at least 4 members (excludes halogenated alkanes) is 11. The van der Waals surface area contributed by atoms with Crippen molar-refractivity contribution in [2.75, 3.05) is 0 Å². The Balaban J connectivity index is 2.03. The van der Waals surface area contributed by atoms with Gasteiger partial charge in [0.25, 0.3) is 0 Å². The second-order valence-corrected chi connectivity index (χ2v) is 7.02. The van der Waals surface area contributed by atoms with Crippen molar-refractivity contribution < 1.29 is 0 Å². The van der Waals surface area contributed by atoms with Gasteiger partial charge in [-0.25, -0.2) is 0 Å². The highest BCUT2D eigenvalue weighted by atomic mass is 14.0. The predicted octanol–water partition coefficient (Wildman–Crippen LogP) is 7.89. The molecule has 0 aromatic heterocycles. The summed E-state index contributed by atoms with van der Waals surface area (Å²) in [6.07, 6.45) is 21.6. The van der Waals surface area contributed by atoms with Crippen molar-refractivity contribution in [2.24, 2.45) is 0 Å². The Kier molecular flexibility index (Phi) is 13.0. The van der Waals surface area contributed by atoms with Gasteiger partial charge in [-0.15, -0.1) is 0 Å². The van der Waals surface area contributed by atoms with Crippen molar-refractivity contribution in [1.82, 2.24) is 0 Å². The van der Waals surface area contributed by atoms with E-state index in [0.717, 1.165) is 0 Å². The molecule has 131 valence electrons. The largest absolute Gasteiger partial charge is 0.0654 e. The molecule has 0 aliphatic rings. The lowest BCUT2D eigenvalue weighted by Gasteiger charge is -2.05. The molecule has 0 aliphatic heterocycles. The molecule has 1 aromatic carbocycles. The van der Waals surface area contributed by atoms with Crippen LogP contribution in [-0.4, -0.2) is 0 Å². The molecule has 0 saturated heterocycles. The average Bonchev–Trinajstić information content (AvgIpc) is 2.58. The van der Waals surface area contributed by atoms with Crippen molar-refractivity contribution in [3.05, 3.63) is 41.8 Å². The van der Waals surface area contributed by atoms with Crippen LogP contribution in [0.1, 0.15) is 108 Å². The molecule has 0 amide bonds. The summed E-state index contributed by atoms with van der Waals surface area (Å²) in [5.74, 6) is 0. The summed E-state index contributed by atoms with van der Waals surface area (Å²) in [6, 6.07) is 9.28. The van der Waals surface area contributed by atoms with Crippen LogP contribution in [0.3, 0.4) is 0 Å². The molecule has 0 fully saturated rings. The lowest BCUT2D eigenvalue weighted by atomic mass is 10.0. The average molecular weight is 316 g/mol. The lowest BCUT2D eigenvalue weighted by molar-refractivity contribution is 0.575. The first-order valence-electron chi connectivity index (χ1n) is 10.3. The topological polar surface area (TPSA) is 0 Å². The van der Waals surface area contributed by atoms with Crippen molar-refractivity contribution in [2.45, 2.75) is 104 Å². The molecule has 1 rings (SSSR count). The van der Waals surface area contributed by atoms with E-state index in [-0.39, 0.29) is 0 Å². The highest BCUT2D eigenvalue weighted by Crippen LogP contribution is 2.15. The maximum Gasteiger partial charge on any atom is -0.00931 e. The molecule has 0 heterocycles. The fourth-order valence-corrected chi connectivity index (χ4v) is 3.12. The van der Waals surface area contributed by atoms with Gasteiger partial charge in [0.1, 0.15) is 0 Å². The monoisotopic (exact) mass is 315 g/mol. The minimum atomic E-state index is 1.23. The molecule has 0 heteroatoms. The molecule has 0 aliphatic carbocycles. The van der Waals surface area contributed by atoms with Gasteiger partial charge in [0.05, 0.1) is 0 Å². The zero-order valence-electron chi connectivity index (χ0n) is 15.8. The van der Waals surface area contributed by atoms with Gasteiger partial charge in [-0.1, -0.05) is 109 Å². The second kappa shape index (κ2) is 14.8. The maximum atomic E-state index is 2.40. The van der Waals surface area contributed by atoms with Crippen molar-refractivity contribution in [3.63, 3.8) is 0 Å². The Hall–Kier alpha value is -0.780. The third-order valence-electron chi connectivity index (χ3n) is 4.74. The van der Waals surface area contributed by atoms with Crippen LogP contribution in [0.2, 0.25) is 0 Å². The molecule has 0 nitrogen and oxygen atoms in total. The molecular formula is C23H39. The molecule has 0 spiro atoms. The normalized spacial score (nSPS) is 11.0. The van der Waals surface area contributed by atoms with Gasteiger partial charge >= 0.3 is 0 Å². The number of hydrogen-bond donors (Lipinski definition) is 0. The van der Waals surface area contributed by atoms with E-state index < -0.39 is 0 Å². The van der Waals surface area contributed by atoms with Crippen LogP contribution in [-0.2, 0) is 6.42 Å². The molecule has 0 bridgehead atoms. The van der Waals surface area contributed by atoms with E-state index in [1.165, 1.54) is 101 Å². The number of aryl methyl sites for hydroxylation is 1. The maximum absolute atomic E-state index is 2.40. The smallest absolute Gasteiger partial charge is 0.00931 e. The minimum Gasteiger partial charge on any atom is -0.0654 e. The van der Waals surface area contributed by atoms with E-state index in [1.807, 2.05) is 0 Å². The zero-order chi connectivity index (χ0) is 16.6. The Morgan fingerprint density at radius 1 is 0.609 bits per heavy atom. The molecule has 1 radical (unpaired) electrons. The molecular weight excluding hydrogens is 276 g/mol. The minimum absolute atomic E-state index is 1.23. The van der Waals surface area contributed by atoms with Crippen LogP contribution in [0.25, 0.3) is 0 Å². The Bertz CT molecular complexity index is 349. The lowest BCUT2D eigenvalue weighted by Crippen LogP contribution is -1.88. The summed E-state index contributed by atoms with van der Waals surface area (Å²) in [5.41, 5.74) is 2.92. The quantitative estimate of drug-likeness (QED) is 0.289. The summed E-state index contributed by atoms with van der Waals surface area (Å²) in [7, 11) is 0. The van der Waals surface area contributed by atoms with Crippen LogP contribution in [0.4, 0.5) is 0 Å². The van der Waals surface area contributed by atoms with Gasteiger partial charge < -0.3 is 0 Å². The highest BCUT2D eigenvalue weighted by molar-refractivity contribution is 5.27. The van der Waals surface area contributed by atoms with Gasteiger partial charge in [-0.3, -0.25) is 0 Å². The van der Waals surface area contributed by atoms with Crippen LogP contribution in [0.15, 0.2) is 24.3 Å².